The molecule has 0 saturated heterocycles. The van der Waals surface area contributed by atoms with Gasteiger partial charge in [-0.25, -0.2) is 9.97 Å². The minimum absolute atomic E-state index is 0.245. The molecule has 7 heteroatoms. The van der Waals surface area contributed by atoms with Crippen molar-refractivity contribution in [1.29, 1.82) is 0 Å². The molecule has 0 saturated carbocycles. The molecule has 0 atom stereocenters. The van der Waals surface area contributed by atoms with Crippen molar-refractivity contribution in [2.45, 2.75) is 19.6 Å². The number of pyridine rings is 1. The van der Waals surface area contributed by atoms with Crippen molar-refractivity contribution in [3.05, 3.63) is 42.1 Å². The summed E-state index contributed by atoms with van der Waals surface area (Å²) < 4.78 is 31.1. The Hall–Kier alpha value is -2.02. The number of nitrogens with zero attached hydrogens (tertiary/aromatic N) is 3. The Morgan fingerprint density at radius 3 is 2.89 bits per heavy atom. The zero-order valence-corrected chi connectivity index (χ0v) is 10.4. The van der Waals surface area contributed by atoms with Crippen LogP contribution in [0, 0.1) is 0 Å². The van der Waals surface area contributed by atoms with Crippen LogP contribution in [0.25, 0.3) is 0 Å². The second kappa shape index (κ2) is 6.24. The third-order valence-electron chi connectivity index (χ3n) is 2.60. The summed E-state index contributed by atoms with van der Waals surface area (Å²) in [6.07, 6.45) is 4.24. The van der Waals surface area contributed by atoms with Gasteiger partial charge >= 0.3 is 6.55 Å². The van der Waals surface area contributed by atoms with Crippen LogP contribution in [0.5, 0.6) is 5.88 Å². The van der Waals surface area contributed by atoms with Gasteiger partial charge in [0.2, 0.25) is 5.88 Å². The number of rotatable bonds is 6. The molecule has 2 aromatic rings. The van der Waals surface area contributed by atoms with Gasteiger partial charge in [0.15, 0.2) is 0 Å². The third kappa shape index (κ3) is 3.25. The molecule has 2 heterocycles. The van der Waals surface area contributed by atoms with Crippen molar-refractivity contribution >= 4 is 0 Å². The quantitative estimate of drug-likeness (QED) is 0.870. The van der Waals surface area contributed by atoms with E-state index in [1.165, 1.54) is 19.5 Å². The summed E-state index contributed by atoms with van der Waals surface area (Å²) in [5, 5.41) is 3.04. The Balaban J connectivity index is 1.95. The highest BCUT2D eigenvalue weighted by Gasteiger charge is 2.11. The fourth-order valence-corrected chi connectivity index (χ4v) is 1.71. The minimum Gasteiger partial charge on any atom is -0.481 e. The number of hydrogen-bond acceptors (Lipinski definition) is 4. The van der Waals surface area contributed by atoms with Crippen LogP contribution in [0.4, 0.5) is 8.78 Å². The van der Waals surface area contributed by atoms with E-state index in [1.807, 2.05) is 6.07 Å². The molecule has 0 fully saturated rings. The van der Waals surface area contributed by atoms with Gasteiger partial charge in [0.05, 0.1) is 13.7 Å². The number of imidazole rings is 1. The smallest absolute Gasteiger partial charge is 0.319 e. The number of alkyl halides is 2. The Morgan fingerprint density at radius 1 is 1.32 bits per heavy atom. The topological polar surface area (TPSA) is 52.0 Å². The Kier molecular flexibility index (Phi) is 4.40. The molecule has 102 valence electrons. The van der Waals surface area contributed by atoms with Crippen LogP contribution in [0.3, 0.4) is 0 Å². The molecule has 2 aromatic heterocycles. The van der Waals surface area contributed by atoms with Crippen molar-refractivity contribution in [1.82, 2.24) is 19.9 Å². The predicted octanol–water partition coefficient (Wildman–Crippen LogP) is 1.97. The standard InChI is InChI=1S/C12H14F2N4O/c1-19-11-9(3-2-4-17-11)7-15-8-10-16-5-6-18(10)12(13)14/h2-6,12,15H,7-8H2,1H3. The molecule has 19 heavy (non-hydrogen) atoms. The van der Waals surface area contributed by atoms with Gasteiger partial charge in [-0.15, -0.1) is 0 Å². The number of hydrogen-bond donors (Lipinski definition) is 1. The lowest BCUT2D eigenvalue weighted by Gasteiger charge is -2.09. The van der Waals surface area contributed by atoms with Gasteiger partial charge < -0.3 is 10.1 Å². The monoisotopic (exact) mass is 268 g/mol. The van der Waals surface area contributed by atoms with E-state index in [9.17, 15) is 8.78 Å². The van der Waals surface area contributed by atoms with Gasteiger partial charge in [0.25, 0.3) is 0 Å². The van der Waals surface area contributed by atoms with Gasteiger partial charge in [0, 0.05) is 30.7 Å². The lowest BCUT2D eigenvalue weighted by Crippen LogP contribution is -2.17. The Labute approximate surface area is 109 Å². The highest BCUT2D eigenvalue weighted by molar-refractivity contribution is 5.25. The lowest BCUT2D eigenvalue weighted by molar-refractivity contribution is 0.0666. The molecule has 0 amide bonds. The van der Waals surface area contributed by atoms with E-state index in [-0.39, 0.29) is 12.4 Å². The lowest BCUT2D eigenvalue weighted by atomic mass is 10.2. The average molecular weight is 268 g/mol. The highest BCUT2D eigenvalue weighted by atomic mass is 19.3. The molecule has 0 unspecified atom stereocenters. The fraction of sp³-hybridized carbons (Fsp3) is 0.333. The highest BCUT2D eigenvalue weighted by Crippen LogP contribution is 2.14. The van der Waals surface area contributed by atoms with Crippen molar-refractivity contribution in [3.8, 4) is 5.88 Å². The van der Waals surface area contributed by atoms with Crippen LogP contribution in [0.2, 0.25) is 0 Å². The molecule has 0 aromatic carbocycles. The number of ether oxygens (including phenoxy) is 1. The first-order valence-corrected chi connectivity index (χ1v) is 5.71. The Bertz CT molecular complexity index is 530. The van der Waals surface area contributed by atoms with Gasteiger partial charge in [0.1, 0.15) is 5.82 Å². The molecule has 0 aliphatic rings. The number of nitrogens with one attached hydrogen (secondary N) is 1. The molecule has 0 aliphatic carbocycles. The molecule has 0 spiro atoms. The largest absolute Gasteiger partial charge is 0.481 e. The van der Waals surface area contributed by atoms with E-state index in [1.54, 1.807) is 12.3 Å². The maximum absolute atomic E-state index is 12.6. The van der Waals surface area contributed by atoms with Crippen LogP contribution >= 0.6 is 0 Å². The van der Waals surface area contributed by atoms with Gasteiger partial charge in [-0.2, -0.15) is 8.78 Å². The number of halogens is 2. The van der Waals surface area contributed by atoms with E-state index in [0.717, 1.165) is 10.1 Å². The van der Waals surface area contributed by atoms with Crippen LogP contribution in [-0.2, 0) is 13.1 Å². The van der Waals surface area contributed by atoms with Crippen LogP contribution in [-0.4, -0.2) is 21.6 Å². The molecule has 0 aliphatic heterocycles. The normalized spacial score (nSPS) is 10.9. The molecular formula is C12H14F2N4O. The molecule has 2 rings (SSSR count). The van der Waals surface area contributed by atoms with Crippen molar-refractivity contribution in [3.63, 3.8) is 0 Å². The Morgan fingerprint density at radius 2 is 2.16 bits per heavy atom. The second-order valence-corrected chi connectivity index (χ2v) is 3.80. The van der Waals surface area contributed by atoms with Crippen LogP contribution in [0.15, 0.2) is 30.7 Å². The maximum Gasteiger partial charge on any atom is 0.319 e. The van der Waals surface area contributed by atoms with E-state index in [2.05, 4.69) is 15.3 Å². The molecule has 0 radical (unpaired) electrons. The van der Waals surface area contributed by atoms with E-state index < -0.39 is 6.55 Å². The maximum atomic E-state index is 12.6. The summed E-state index contributed by atoms with van der Waals surface area (Å²) in [5.41, 5.74) is 0.861. The van der Waals surface area contributed by atoms with Crippen molar-refractivity contribution in [2.75, 3.05) is 7.11 Å². The number of aromatic nitrogens is 3. The summed E-state index contributed by atoms with van der Waals surface area (Å²) in [7, 11) is 1.54. The number of methoxy groups -OCH3 is 1. The first kappa shape index (κ1) is 13.4. The van der Waals surface area contributed by atoms with Gasteiger partial charge in [-0.1, -0.05) is 6.07 Å². The third-order valence-corrected chi connectivity index (χ3v) is 2.60. The SMILES string of the molecule is COc1ncccc1CNCc1nccn1C(F)F. The first-order chi connectivity index (χ1) is 9.22. The average Bonchev–Trinajstić information content (AvgIpc) is 2.88. The van der Waals surface area contributed by atoms with Crippen LogP contribution in [0.1, 0.15) is 17.9 Å². The molecule has 1 N–H and O–H groups in total. The fourth-order valence-electron chi connectivity index (χ4n) is 1.71. The zero-order chi connectivity index (χ0) is 13.7. The summed E-state index contributed by atoms with van der Waals surface area (Å²) >= 11 is 0. The van der Waals surface area contributed by atoms with Crippen molar-refractivity contribution < 1.29 is 13.5 Å². The summed E-state index contributed by atoms with van der Waals surface area (Å²) in [5.74, 6) is 0.810. The predicted molar refractivity (Wildman–Crippen MR) is 64.8 cm³/mol. The zero-order valence-electron chi connectivity index (χ0n) is 10.4. The van der Waals surface area contributed by atoms with E-state index in [4.69, 9.17) is 4.74 Å². The summed E-state index contributed by atoms with van der Waals surface area (Å²) in [6, 6.07) is 3.65. The first-order valence-electron chi connectivity index (χ1n) is 5.71. The molecular weight excluding hydrogens is 254 g/mol. The van der Waals surface area contributed by atoms with E-state index >= 15 is 0 Å². The minimum atomic E-state index is -2.58. The summed E-state index contributed by atoms with van der Waals surface area (Å²) in [6.45, 7) is -1.87. The molecule has 5 nitrogen and oxygen atoms in total. The van der Waals surface area contributed by atoms with Gasteiger partial charge in [-0.05, 0) is 6.07 Å². The van der Waals surface area contributed by atoms with Crippen LogP contribution < -0.4 is 10.1 Å². The van der Waals surface area contributed by atoms with E-state index in [0.29, 0.717) is 12.4 Å². The second-order valence-electron chi connectivity index (χ2n) is 3.80. The summed E-state index contributed by atoms with van der Waals surface area (Å²) in [4.78, 5) is 7.94. The molecule has 0 bridgehead atoms. The van der Waals surface area contributed by atoms with Crippen molar-refractivity contribution in [2.24, 2.45) is 0 Å². The van der Waals surface area contributed by atoms with Gasteiger partial charge in [-0.3, -0.25) is 4.57 Å².